The van der Waals surface area contributed by atoms with Gasteiger partial charge in [-0.15, -0.1) is 0 Å². The van der Waals surface area contributed by atoms with E-state index < -0.39 is 21.7 Å². The van der Waals surface area contributed by atoms with Crippen LogP contribution in [0.5, 0.6) is 0 Å². The number of sulfonamides is 1. The van der Waals surface area contributed by atoms with E-state index >= 15 is 0 Å². The number of halogens is 1. The zero-order valence-corrected chi connectivity index (χ0v) is 9.58. The normalized spacial score (nSPS) is 11.2. The number of hydrogen-bond donors (Lipinski definition) is 1. The number of primary sulfonamides is 1. The smallest absolute Gasteiger partial charge is 0.254 e. The van der Waals surface area contributed by atoms with Crippen molar-refractivity contribution in [1.82, 2.24) is 4.90 Å². The molecular weight excluding hydrogens is 235 g/mol. The number of carbonyl (C=O) groups is 1. The van der Waals surface area contributed by atoms with Crippen molar-refractivity contribution in [1.29, 1.82) is 0 Å². The number of hydrogen-bond acceptors (Lipinski definition) is 3. The molecule has 88 valence electrons. The molecule has 0 atom stereocenters. The molecule has 2 N–H and O–H groups in total. The molecule has 0 heterocycles. The molecule has 0 bridgehead atoms. The van der Waals surface area contributed by atoms with Crippen molar-refractivity contribution in [3.8, 4) is 0 Å². The maximum Gasteiger partial charge on any atom is 0.254 e. The average Bonchev–Trinajstić information content (AvgIpc) is 2.14. The fraction of sp³-hybridized carbons (Fsp3) is 0.222. The molecule has 1 amide bonds. The Balaban J connectivity index is 3.47. The lowest BCUT2D eigenvalue weighted by molar-refractivity contribution is 0.0823. The summed E-state index contributed by atoms with van der Waals surface area (Å²) >= 11 is 0. The van der Waals surface area contributed by atoms with Crippen molar-refractivity contribution >= 4 is 15.9 Å². The van der Waals surface area contributed by atoms with Crippen LogP contribution in [0.3, 0.4) is 0 Å². The van der Waals surface area contributed by atoms with Gasteiger partial charge in [-0.3, -0.25) is 4.79 Å². The molecule has 0 fully saturated rings. The first kappa shape index (κ1) is 12.6. The maximum atomic E-state index is 13.0. The number of benzene rings is 1. The SMILES string of the molecule is CN(C)C(=O)c1cc(F)ccc1S(N)(=O)=O. The van der Waals surface area contributed by atoms with Crippen LogP contribution in [0.2, 0.25) is 0 Å². The Morgan fingerprint density at radius 2 is 1.94 bits per heavy atom. The second-order valence-electron chi connectivity index (χ2n) is 3.39. The molecule has 1 aromatic rings. The topological polar surface area (TPSA) is 80.5 Å². The maximum absolute atomic E-state index is 13.0. The minimum absolute atomic E-state index is 0.271. The number of nitrogens with two attached hydrogens (primary N) is 1. The minimum atomic E-state index is -4.04. The van der Waals surface area contributed by atoms with E-state index in [0.29, 0.717) is 0 Å². The van der Waals surface area contributed by atoms with E-state index in [1.54, 1.807) is 0 Å². The molecule has 0 saturated carbocycles. The molecule has 0 aliphatic carbocycles. The summed E-state index contributed by atoms with van der Waals surface area (Å²) in [6, 6.07) is 2.76. The van der Waals surface area contributed by atoms with Crippen LogP contribution in [0.25, 0.3) is 0 Å². The van der Waals surface area contributed by atoms with Crippen molar-refractivity contribution in [3.63, 3.8) is 0 Å². The predicted molar refractivity (Wildman–Crippen MR) is 55.8 cm³/mol. The molecule has 0 unspecified atom stereocenters. The molecule has 0 aromatic heterocycles. The van der Waals surface area contributed by atoms with E-state index in [9.17, 15) is 17.6 Å². The lowest BCUT2D eigenvalue weighted by Crippen LogP contribution is -2.25. The standard InChI is InChI=1S/C9H11FN2O3S/c1-12(2)9(13)7-5-6(10)3-4-8(7)16(11,14)15/h3-5H,1-2H3,(H2,11,14,15). The van der Waals surface area contributed by atoms with Gasteiger partial charge in [0.2, 0.25) is 10.0 Å². The predicted octanol–water partition coefficient (Wildman–Crippen LogP) is 0.175. The van der Waals surface area contributed by atoms with Gasteiger partial charge in [0.05, 0.1) is 10.5 Å². The molecular formula is C9H11FN2O3S. The van der Waals surface area contributed by atoms with Crippen LogP contribution in [0, 0.1) is 5.82 Å². The Hall–Kier alpha value is -1.47. The lowest BCUT2D eigenvalue weighted by Gasteiger charge is -2.12. The highest BCUT2D eigenvalue weighted by Crippen LogP contribution is 2.17. The zero-order valence-electron chi connectivity index (χ0n) is 8.77. The summed E-state index contributed by atoms with van der Waals surface area (Å²) in [5.74, 6) is -1.32. The van der Waals surface area contributed by atoms with Crippen LogP contribution in [0.1, 0.15) is 10.4 Å². The summed E-state index contributed by atoms with van der Waals surface area (Å²) in [4.78, 5) is 12.4. The molecule has 7 heteroatoms. The highest BCUT2D eigenvalue weighted by atomic mass is 32.2. The zero-order chi connectivity index (χ0) is 12.5. The van der Waals surface area contributed by atoms with Gasteiger partial charge < -0.3 is 4.90 Å². The molecule has 0 aliphatic rings. The summed E-state index contributed by atoms with van der Waals surface area (Å²) in [5.41, 5.74) is -0.271. The van der Waals surface area contributed by atoms with E-state index in [1.165, 1.54) is 14.1 Å². The quantitative estimate of drug-likeness (QED) is 0.808. The Bertz CT molecular complexity index is 526. The van der Waals surface area contributed by atoms with Crippen LogP contribution >= 0.6 is 0 Å². The van der Waals surface area contributed by atoms with Crippen molar-refractivity contribution in [2.75, 3.05) is 14.1 Å². The Morgan fingerprint density at radius 3 is 2.38 bits per heavy atom. The fourth-order valence-corrected chi connectivity index (χ4v) is 1.87. The number of amides is 1. The third kappa shape index (κ3) is 2.56. The second kappa shape index (κ2) is 4.18. The van der Waals surface area contributed by atoms with Crippen LogP contribution < -0.4 is 5.14 Å². The third-order valence-electron chi connectivity index (χ3n) is 1.88. The molecule has 1 rings (SSSR count). The van der Waals surface area contributed by atoms with Gasteiger partial charge in [-0.2, -0.15) is 0 Å². The van der Waals surface area contributed by atoms with Crippen LogP contribution in [0.4, 0.5) is 4.39 Å². The third-order valence-corrected chi connectivity index (χ3v) is 2.85. The molecule has 0 spiro atoms. The summed E-state index contributed by atoms with van der Waals surface area (Å²) in [6.45, 7) is 0. The van der Waals surface area contributed by atoms with Gasteiger partial charge in [0.25, 0.3) is 5.91 Å². The van der Waals surface area contributed by atoms with Gasteiger partial charge >= 0.3 is 0 Å². The minimum Gasteiger partial charge on any atom is -0.345 e. The highest BCUT2D eigenvalue weighted by molar-refractivity contribution is 7.89. The average molecular weight is 246 g/mol. The van der Waals surface area contributed by atoms with E-state index in [-0.39, 0.29) is 10.5 Å². The Labute approximate surface area is 92.7 Å². The molecule has 16 heavy (non-hydrogen) atoms. The van der Waals surface area contributed by atoms with Gasteiger partial charge in [0.1, 0.15) is 5.82 Å². The van der Waals surface area contributed by atoms with Gasteiger partial charge in [-0.05, 0) is 18.2 Å². The fourth-order valence-electron chi connectivity index (χ4n) is 1.16. The van der Waals surface area contributed by atoms with E-state index in [2.05, 4.69) is 0 Å². The van der Waals surface area contributed by atoms with Crippen molar-refractivity contribution in [2.45, 2.75) is 4.90 Å². The first-order valence-electron chi connectivity index (χ1n) is 4.27. The number of nitrogens with zero attached hydrogens (tertiary/aromatic N) is 1. The summed E-state index contributed by atoms with van der Waals surface area (Å²) in [7, 11) is -1.18. The summed E-state index contributed by atoms with van der Waals surface area (Å²) in [5, 5.41) is 4.92. The summed E-state index contributed by atoms with van der Waals surface area (Å²) < 4.78 is 35.3. The largest absolute Gasteiger partial charge is 0.345 e. The molecule has 0 radical (unpaired) electrons. The first-order chi connectivity index (χ1) is 7.23. The van der Waals surface area contributed by atoms with Crippen molar-refractivity contribution in [2.24, 2.45) is 5.14 Å². The van der Waals surface area contributed by atoms with E-state index in [1.807, 2.05) is 0 Å². The number of rotatable bonds is 2. The monoisotopic (exact) mass is 246 g/mol. The van der Waals surface area contributed by atoms with Gasteiger partial charge in [-0.25, -0.2) is 17.9 Å². The first-order valence-corrected chi connectivity index (χ1v) is 5.82. The highest BCUT2D eigenvalue weighted by Gasteiger charge is 2.21. The second-order valence-corrected chi connectivity index (χ2v) is 4.91. The van der Waals surface area contributed by atoms with Gasteiger partial charge in [-0.1, -0.05) is 0 Å². The van der Waals surface area contributed by atoms with E-state index in [0.717, 1.165) is 23.1 Å². The Morgan fingerprint density at radius 1 is 1.38 bits per heavy atom. The van der Waals surface area contributed by atoms with Gasteiger partial charge in [0.15, 0.2) is 0 Å². The lowest BCUT2D eigenvalue weighted by atomic mass is 10.2. The van der Waals surface area contributed by atoms with Crippen LogP contribution in [-0.2, 0) is 10.0 Å². The number of carbonyl (C=O) groups excluding carboxylic acids is 1. The Kier molecular flexibility index (Phi) is 3.30. The molecule has 0 aliphatic heterocycles. The van der Waals surface area contributed by atoms with Gasteiger partial charge in [0, 0.05) is 14.1 Å². The molecule has 1 aromatic carbocycles. The van der Waals surface area contributed by atoms with Crippen LogP contribution in [0.15, 0.2) is 23.1 Å². The van der Waals surface area contributed by atoms with Crippen molar-refractivity contribution < 1.29 is 17.6 Å². The molecule has 0 saturated heterocycles. The molecule has 5 nitrogen and oxygen atoms in total. The van der Waals surface area contributed by atoms with Crippen LogP contribution in [-0.4, -0.2) is 33.3 Å². The summed E-state index contributed by atoms with van der Waals surface area (Å²) in [6.07, 6.45) is 0. The van der Waals surface area contributed by atoms with E-state index in [4.69, 9.17) is 5.14 Å². The van der Waals surface area contributed by atoms with Crippen molar-refractivity contribution in [3.05, 3.63) is 29.6 Å².